The summed E-state index contributed by atoms with van der Waals surface area (Å²) in [5.41, 5.74) is 0.0498. The van der Waals surface area contributed by atoms with Crippen molar-refractivity contribution in [3.05, 3.63) is 35.9 Å². The molecular formula is C9H7Cl3O3. The molecule has 82 valence electrons. The molecule has 0 spiro atoms. The first kappa shape index (κ1) is 12.7. The normalized spacial score (nSPS) is 12.6. The Bertz CT molecular complexity index is 357. The standard InChI is InChI=1S/C9H7Cl3O3/c10-9(11,12)8(14,15)7(13)6-4-2-1-3-5-6/h1-5,14-15H. The number of Topliss-reactive ketones (excluding diaryl/α,β-unsaturated/α-hetero) is 1. The van der Waals surface area contributed by atoms with Gasteiger partial charge in [-0.15, -0.1) is 0 Å². The van der Waals surface area contributed by atoms with Crippen molar-refractivity contribution in [1.82, 2.24) is 0 Å². The average Bonchev–Trinajstić information content (AvgIpc) is 2.16. The Balaban J connectivity index is 3.06. The largest absolute Gasteiger partial charge is 0.356 e. The summed E-state index contributed by atoms with van der Waals surface area (Å²) in [6.45, 7) is 0. The third kappa shape index (κ3) is 2.62. The first-order valence-corrected chi connectivity index (χ1v) is 5.01. The van der Waals surface area contributed by atoms with Crippen molar-refractivity contribution in [1.29, 1.82) is 0 Å². The minimum Gasteiger partial charge on any atom is -0.356 e. The van der Waals surface area contributed by atoms with Crippen LogP contribution in [0.1, 0.15) is 10.4 Å². The second kappa shape index (κ2) is 4.28. The van der Waals surface area contributed by atoms with E-state index in [1.165, 1.54) is 12.1 Å². The van der Waals surface area contributed by atoms with E-state index >= 15 is 0 Å². The highest BCUT2D eigenvalue weighted by Gasteiger charge is 2.52. The quantitative estimate of drug-likeness (QED) is 0.490. The van der Waals surface area contributed by atoms with E-state index in [4.69, 9.17) is 34.8 Å². The van der Waals surface area contributed by atoms with Crippen LogP contribution in [0, 0.1) is 0 Å². The molecule has 3 nitrogen and oxygen atoms in total. The van der Waals surface area contributed by atoms with Gasteiger partial charge < -0.3 is 10.2 Å². The molecule has 0 saturated heterocycles. The minimum absolute atomic E-state index is 0.0498. The molecule has 1 aromatic rings. The fraction of sp³-hybridized carbons (Fsp3) is 0.222. The molecule has 2 N–H and O–H groups in total. The second-order valence-corrected chi connectivity index (χ2v) is 5.15. The number of benzene rings is 1. The highest BCUT2D eigenvalue weighted by Crippen LogP contribution is 2.38. The summed E-state index contributed by atoms with van der Waals surface area (Å²) < 4.78 is -2.50. The Morgan fingerprint density at radius 1 is 1.07 bits per heavy atom. The van der Waals surface area contributed by atoms with Crippen molar-refractivity contribution >= 4 is 40.6 Å². The zero-order valence-corrected chi connectivity index (χ0v) is 9.59. The van der Waals surface area contributed by atoms with Gasteiger partial charge in [-0.2, -0.15) is 0 Å². The van der Waals surface area contributed by atoms with E-state index in [-0.39, 0.29) is 5.56 Å². The molecule has 0 radical (unpaired) electrons. The van der Waals surface area contributed by atoms with Gasteiger partial charge in [-0.3, -0.25) is 4.79 Å². The van der Waals surface area contributed by atoms with Gasteiger partial charge in [-0.05, 0) is 0 Å². The van der Waals surface area contributed by atoms with Gasteiger partial charge in [0.05, 0.1) is 0 Å². The highest BCUT2D eigenvalue weighted by molar-refractivity contribution is 6.69. The number of aliphatic hydroxyl groups is 2. The fourth-order valence-electron chi connectivity index (χ4n) is 0.920. The Labute approximate surface area is 101 Å². The molecule has 15 heavy (non-hydrogen) atoms. The summed E-state index contributed by atoms with van der Waals surface area (Å²) in [4.78, 5) is 11.6. The lowest BCUT2D eigenvalue weighted by atomic mass is 10.0. The van der Waals surface area contributed by atoms with Gasteiger partial charge in [0.25, 0.3) is 9.58 Å². The number of hydrogen-bond donors (Lipinski definition) is 2. The molecule has 0 atom stereocenters. The van der Waals surface area contributed by atoms with Gasteiger partial charge in [0.15, 0.2) is 0 Å². The van der Waals surface area contributed by atoms with Gasteiger partial charge in [-0.25, -0.2) is 0 Å². The van der Waals surface area contributed by atoms with E-state index in [0.717, 1.165) is 0 Å². The zero-order valence-electron chi connectivity index (χ0n) is 7.32. The van der Waals surface area contributed by atoms with E-state index in [0.29, 0.717) is 0 Å². The van der Waals surface area contributed by atoms with Crippen molar-refractivity contribution in [3.63, 3.8) is 0 Å². The van der Waals surface area contributed by atoms with Crippen molar-refractivity contribution in [2.75, 3.05) is 0 Å². The number of alkyl halides is 3. The monoisotopic (exact) mass is 268 g/mol. The highest BCUT2D eigenvalue weighted by atomic mass is 35.6. The molecule has 0 aliphatic heterocycles. The summed E-state index contributed by atoms with van der Waals surface area (Å²) in [6, 6.07) is 7.56. The lowest BCUT2D eigenvalue weighted by Crippen LogP contribution is -2.50. The van der Waals surface area contributed by atoms with Gasteiger partial charge in [0, 0.05) is 5.56 Å². The third-order valence-electron chi connectivity index (χ3n) is 1.75. The molecule has 0 unspecified atom stereocenters. The molecule has 6 heteroatoms. The predicted molar refractivity (Wildman–Crippen MR) is 58.2 cm³/mol. The van der Waals surface area contributed by atoms with Gasteiger partial charge >= 0.3 is 0 Å². The van der Waals surface area contributed by atoms with Crippen LogP contribution in [0.3, 0.4) is 0 Å². The van der Waals surface area contributed by atoms with Crippen LogP contribution in [-0.4, -0.2) is 25.6 Å². The molecule has 0 amide bonds. The lowest BCUT2D eigenvalue weighted by Gasteiger charge is -2.27. The number of carbonyl (C=O) groups is 1. The van der Waals surface area contributed by atoms with Crippen LogP contribution in [0.4, 0.5) is 0 Å². The molecule has 0 aliphatic carbocycles. The maximum absolute atomic E-state index is 11.6. The van der Waals surface area contributed by atoms with Crippen molar-refractivity contribution in [3.8, 4) is 0 Å². The maximum atomic E-state index is 11.6. The SMILES string of the molecule is O=C(c1ccccc1)C(O)(O)C(Cl)(Cl)Cl. The summed E-state index contributed by atoms with van der Waals surface area (Å²) in [6.07, 6.45) is 0. The third-order valence-corrected chi connectivity index (χ3v) is 2.54. The molecule has 0 bridgehead atoms. The van der Waals surface area contributed by atoms with Crippen LogP contribution in [0.25, 0.3) is 0 Å². The average molecular weight is 270 g/mol. The van der Waals surface area contributed by atoms with E-state index < -0.39 is 15.4 Å². The molecule has 0 aliphatic rings. The molecule has 1 aromatic carbocycles. The number of hydrogen-bond acceptors (Lipinski definition) is 3. The Morgan fingerprint density at radius 2 is 1.53 bits per heavy atom. The molecule has 0 heterocycles. The Hall–Kier alpha value is -0.320. The summed E-state index contributed by atoms with van der Waals surface area (Å²) >= 11 is 15.8. The van der Waals surface area contributed by atoms with Crippen LogP contribution in [0.5, 0.6) is 0 Å². The lowest BCUT2D eigenvalue weighted by molar-refractivity contribution is -0.117. The predicted octanol–water partition coefficient (Wildman–Crippen LogP) is 1.92. The smallest absolute Gasteiger partial charge is 0.277 e. The van der Waals surface area contributed by atoms with Crippen LogP contribution in [0.2, 0.25) is 0 Å². The van der Waals surface area contributed by atoms with Crippen LogP contribution in [0.15, 0.2) is 30.3 Å². The number of halogens is 3. The van der Waals surface area contributed by atoms with Crippen molar-refractivity contribution in [2.45, 2.75) is 9.58 Å². The molecule has 1 rings (SSSR count). The first-order valence-electron chi connectivity index (χ1n) is 3.88. The molecule has 0 aromatic heterocycles. The topological polar surface area (TPSA) is 57.5 Å². The van der Waals surface area contributed by atoms with Gasteiger partial charge in [-0.1, -0.05) is 65.1 Å². The van der Waals surface area contributed by atoms with E-state index in [1.807, 2.05) is 0 Å². The van der Waals surface area contributed by atoms with E-state index in [1.54, 1.807) is 18.2 Å². The number of ketones is 1. The zero-order chi connectivity index (χ0) is 11.7. The molecular weight excluding hydrogens is 262 g/mol. The first-order chi connectivity index (χ1) is 6.77. The van der Waals surface area contributed by atoms with Gasteiger partial charge in [0.2, 0.25) is 5.78 Å². The Morgan fingerprint density at radius 3 is 1.93 bits per heavy atom. The second-order valence-electron chi connectivity index (χ2n) is 2.87. The number of carbonyl (C=O) groups excluding carboxylic acids is 1. The minimum atomic E-state index is -3.04. The van der Waals surface area contributed by atoms with Crippen LogP contribution >= 0.6 is 34.8 Å². The summed E-state index contributed by atoms with van der Waals surface area (Å²) in [5.74, 6) is -4.11. The van der Waals surface area contributed by atoms with Crippen LogP contribution in [-0.2, 0) is 0 Å². The summed E-state index contributed by atoms with van der Waals surface area (Å²) in [5, 5.41) is 18.8. The van der Waals surface area contributed by atoms with Gasteiger partial charge in [0.1, 0.15) is 0 Å². The summed E-state index contributed by atoms with van der Waals surface area (Å²) in [7, 11) is 0. The van der Waals surface area contributed by atoms with Crippen molar-refractivity contribution < 1.29 is 15.0 Å². The Kier molecular flexibility index (Phi) is 3.63. The number of rotatable bonds is 2. The van der Waals surface area contributed by atoms with E-state index in [9.17, 15) is 15.0 Å². The fourth-order valence-corrected chi connectivity index (χ4v) is 1.18. The van der Waals surface area contributed by atoms with Crippen molar-refractivity contribution in [2.24, 2.45) is 0 Å². The van der Waals surface area contributed by atoms with E-state index in [2.05, 4.69) is 0 Å². The molecule has 0 fully saturated rings. The maximum Gasteiger partial charge on any atom is 0.277 e. The molecule has 0 saturated carbocycles. The van der Waals surface area contributed by atoms with Crippen LogP contribution < -0.4 is 0 Å².